The lowest BCUT2D eigenvalue weighted by Crippen LogP contribution is -2.13. The van der Waals surface area contributed by atoms with Gasteiger partial charge in [0.1, 0.15) is 21.5 Å². The van der Waals surface area contributed by atoms with Crippen LogP contribution in [0.15, 0.2) is 11.1 Å². The Labute approximate surface area is 140 Å². The monoisotopic (exact) mass is 352 g/mol. The Morgan fingerprint density at radius 1 is 1.26 bits per heavy atom. The lowest BCUT2D eigenvalue weighted by atomic mass is 10.0. The van der Waals surface area contributed by atoms with Crippen molar-refractivity contribution in [2.24, 2.45) is 0 Å². The van der Waals surface area contributed by atoms with Crippen LogP contribution >= 0.6 is 11.3 Å². The molecule has 0 fully saturated rings. The summed E-state index contributed by atoms with van der Waals surface area (Å²) in [4.78, 5) is 14.5. The number of anilines is 1. The van der Waals surface area contributed by atoms with Gasteiger partial charge >= 0.3 is 0 Å². The number of aryl methyl sites for hydroxylation is 3. The van der Waals surface area contributed by atoms with Crippen LogP contribution < -0.4 is 5.32 Å². The highest BCUT2D eigenvalue weighted by Gasteiger charge is 2.21. The first-order valence-electron chi connectivity index (χ1n) is 7.63. The van der Waals surface area contributed by atoms with Crippen molar-refractivity contribution in [1.29, 1.82) is 0 Å². The molecule has 0 aromatic carbocycles. The molecule has 0 bridgehead atoms. The number of thiazole rings is 1. The fourth-order valence-corrected chi connectivity index (χ4v) is 4.51. The lowest BCUT2D eigenvalue weighted by molar-refractivity contribution is 0.601. The summed E-state index contributed by atoms with van der Waals surface area (Å²) in [5.41, 5.74) is 1.20. The van der Waals surface area contributed by atoms with E-state index in [-0.39, 0.29) is 10.9 Å². The summed E-state index contributed by atoms with van der Waals surface area (Å²) in [5, 5.41) is 4.18. The van der Waals surface area contributed by atoms with Crippen LogP contribution in [0.2, 0.25) is 0 Å². The van der Waals surface area contributed by atoms with E-state index in [0.717, 1.165) is 17.8 Å². The molecule has 23 heavy (non-hydrogen) atoms. The van der Waals surface area contributed by atoms with Gasteiger partial charge in [-0.15, -0.1) is 11.3 Å². The molecule has 0 amide bonds. The second kappa shape index (κ2) is 6.16. The summed E-state index contributed by atoms with van der Waals surface area (Å²) < 4.78 is 23.8. The minimum Gasteiger partial charge on any atom is -0.360 e. The molecule has 1 atom stereocenters. The topological polar surface area (TPSA) is 84.8 Å². The van der Waals surface area contributed by atoms with Crippen LogP contribution in [-0.4, -0.2) is 29.6 Å². The van der Waals surface area contributed by atoms with Crippen LogP contribution in [0.5, 0.6) is 0 Å². The number of fused-ring (bicyclic) bond motifs is 1. The highest BCUT2D eigenvalue weighted by molar-refractivity contribution is 7.90. The lowest BCUT2D eigenvalue weighted by Gasteiger charge is -2.14. The molecule has 2 aromatic heterocycles. The average molecular weight is 352 g/mol. The molecular formula is C15H20N4O2S2. The summed E-state index contributed by atoms with van der Waals surface area (Å²) in [7, 11) is -3.38. The van der Waals surface area contributed by atoms with Gasteiger partial charge in [0, 0.05) is 11.1 Å². The maximum atomic E-state index is 11.9. The van der Waals surface area contributed by atoms with Crippen molar-refractivity contribution in [3.8, 4) is 0 Å². The summed E-state index contributed by atoms with van der Waals surface area (Å²) in [6, 6.07) is -0.0969. The molecule has 2 heterocycles. The largest absolute Gasteiger partial charge is 0.360 e. The third-order valence-corrected chi connectivity index (χ3v) is 6.30. The minimum atomic E-state index is -3.38. The van der Waals surface area contributed by atoms with E-state index < -0.39 is 9.84 Å². The molecule has 0 saturated heterocycles. The second-order valence-electron chi connectivity index (χ2n) is 5.90. The average Bonchev–Trinajstić information content (AvgIpc) is 2.90. The van der Waals surface area contributed by atoms with Gasteiger partial charge in [0.05, 0.1) is 17.9 Å². The van der Waals surface area contributed by atoms with Gasteiger partial charge in [-0.2, -0.15) is 0 Å². The molecule has 0 unspecified atom stereocenters. The van der Waals surface area contributed by atoms with Crippen molar-refractivity contribution in [2.45, 2.75) is 50.5 Å². The van der Waals surface area contributed by atoms with Crippen molar-refractivity contribution in [2.75, 3.05) is 11.6 Å². The molecule has 0 saturated carbocycles. The summed E-state index contributed by atoms with van der Waals surface area (Å²) in [6.07, 6.45) is 7.08. The van der Waals surface area contributed by atoms with Crippen molar-refractivity contribution in [3.63, 3.8) is 0 Å². The first-order chi connectivity index (χ1) is 10.8. The van der Waals surface area contributed by atoms with E-state index in [4.69, 9.17) is 4.98 Å². The summed E-state index contributed by atoms with van der Waals surface area (Å²) in [6.45, 7) is 3.72. The normalized spacial score (nSPS) is 16.0. The molecule has 124 valence electrons. The van der Waals surface area contributed by atoms with E-state index in [2.05, 4.69) is 15.3 Å². The number of nitrogens with one attached hydrogen (secondary N) is 1. The molecule has 8 heteroatoms. The van der Waals surface area contributed by atoms with E-state index in [1.807, 2.05) is 6.92 Å². The number of sulfone groups is 1. The van der Waals surface area contributed by atoms with Gasteiger partial charge < -0.3 is 5.32 Å². The predicted molar refractivity (Wildman–Crippen MR) is 90.7 cm³/mol. The van der Waals surface area contributed by atoms with Crippen LogP contribution in [0, 0.1) is 6.92 Å². The Bertz CT molecular complexity index is 806. The number of hydrogen-bond donors (Lipinski definition) is 1. The number of nitrogens with zero attached hydrogens (tertiary/aromatic N) is 3. The predicted octanol–water partition coefficient (Wildman–Crippen LogP) is 2.70. The van der Waals surface area contributed by atoms with Crippen LogP contribution in [0.3, 0.4) is 0 Å². The zero-order valence-corrected chi connectivity index (χ0v) is 15.1. The SMILES string of the molecule is Cc1ncc(S(C)(=O)=O)c(N[C@@H](C)c2nc3c(s2)CCCC3)n1. The highest BCUT2D eigenvalue weighted by atomic mass is 32.2. The van der Waals surface area contributed by atoms with Gasteiger partial charge in [-0.25, -0.2) is 23.4 Å². The number of aromatic nitrogens is 3. The van der Waals surface area contributed by atoms with Crippen molar-refractivity contribution < 1.29 is 8.42 Å². The molecular weight excluding hydrogens is 332 g/mol. The fraction of sp³-hybridized carbons (Fsp3) is 0.533. The van der Waals surface area contributed by atoms with Gasteiger partial charge in [-0.1, -0.05) is 0 Å². The third-order valence-electron chi connectivity index (χ3n) is 3.86. The quantitative estimate of drug-likeness (QED) is 0.911. The zero-order chi connectivity index (χ0) is 16.6. The Morgan fingerprint density at radius 2 is 2.00 bits per heavy atom. The van der Waals surface area contributed by atoms with Crippen molar-refractivity contribution in [1.82, 2.24) is 15.0 Å². The van der Waals surface area contributed by atoms with E-state index in [0.29, 0.717) is 11.6 Å². The molecule has 3 rings (SSSR count). The fourth-order valence-electron chi connectivity index (χ4n) is 2.66. The Balaban J connectivity index is 1.89. The van der Waals surface area contributed by atoms with Crippen LogP contribution in [-0.2, 0) is 22.7 Å². The smallest absolute Gasteiger partial charge is 0.180 e. The van der Waals surface area contributed by atoms with Gasteiger partial charge in [0.2, 0.25) is 0 Å². The van der Waals surface area contributed by atoms with Crippen LogP contribution in [0.4, 0.5) is 5.82 Å². The van der Waals surface area contributed by atoms with Gasteiger partial charge in [-0.05, 0) is 39.5 Å². The van der Waals surface area contributed by atoms with Gasteiger partial charge in [0.25, 0.3) is 0 Å². The van der Waals surface area contributed by atoms with Crippen LogP contribution in [0.25, 0.3) is 0 Å². The second-order valence-corrected chi connectivity index (χ2v) is 9.00. The minimum absolute atomic E-state index is 0.0969. The molecule has 0 aliphatic heterocycles. The number of rotatable bonds is 4. The Hall–Kier alpha value is -1.54. The molecule has 1 aliphatic carbocycles. The number of hydrogen-bond acceptors (Lipinski definition) is 7. The van der Waals surface area contributed by atoms with E-state index in [9.17, 15) is 8.42 Å². The van der Waals surface area contributed by atoms with Crippen LogP contribution in [0.1, 0.15) is 47.2 Å². The van der Waals surface area contributed by atoms with E-state index in [1.165, 1.54) is 35.9 Å². The van der Waals surface area contributed by atoms with Gasteiger partial charge in [0.15, 0.2) is 9.84 Å². The maximum Gasteiger partial charge on any atom is 0.180 e. The standard InChI is InChI=1S/C15H20N4O2S2/c1-9(15-19-11-6-4-5-7-12(11)22-15)17-14-13(23(3,20)21)8-16-10(2)18-14/h8-9H,4-7H2,1-3H3,(H,16,17,18)/t9-/m0/s1. The first-order valence-corrected chi connectivity index (χ1v) is 10.3. The molecule has 1 N–H and O–H groups in total. The molecule has 2 aromatic rings. The van der Waals surface area contributed by atoms with E-state index in [1.54, 1.807) is 18.3 Å². The van der Waals surface area contributed by atoms with Crippen molar-refractivity contribution >= 4 is 27.0 Å². The van der Waals surface area contributed by atoms with Crippen molar-refractivity contribution in [3.05, 3.63) is 27.6 Å². The highest BCUT2D eigenvalue weighted by Crippen LogP contribution is 2.31. The van der Waals surface area contributed by atoms with Gasteiger partial charge in [-0.3, -0.25) is 0 Å². The summed E-state index contributed by atoms with van der Waals surface area (Å²) in [5.74, 6) is 0.881. The zero-order valence-electron chi connectivity index (χ0n) is 13.5. The first kappa shape index (κ1) is 16.3. The molecule has 6 nitrogen and oxygen atoms in total. The maximum absolute atomic E-state index is 11.9. The Kier molecular flexibility index (Phi) is 4.37. The molecule has 0 spiro atoms. The summed E-state index contributed by atoms with van der Waals surface area (Å²) >= 11 is 1.71. The van der Waals surface area contributed by atoms with E-state index >= 15 is 0 Å². The molecule has 1 aliphatic rings. The molecule has 0 radical (unpaired) electrons. The Morgan fingerprint density at radius 3 is 2.70 bits per heavy atom. The third kappa shape index (κ3) is 3.53.